The molecule has 4 nitrogen and oxygen atoms in total. The molecule has 0 aliphatic carbocycles. The van der Waals surface area contributed by atoms with Crippen molar-refractivity contribution in [1.82, 2.24) is 4.90 Å². The maximum absolute atomic E-state index is 7.54. The molecule has 3 N–H and O–H groups in total. The summed E-state index contributed by atoms with van der Waals surface area (Å²) >= 11 is 0. The predicted octanol–water partition coefficient (Wildman–Crippen LogP) is 1.75. The third kappa shape index (κ3) is 3.23. The first-order valence-electron chi connectivity index (χ1n) is 6.47. The minimum atomic E-state index is 0.0613. The van der Waals surface area contributed by atoms with Crippen LogP contribution in [0.25, 0.3) is 0 Å². The molecule has 0 aromatic heterocycles. The monoisotopic (exact) mass is 247 g/mol. The maximum atomic E-state index is 7.54. The minimum absolute atomic E-state index is 0.0613. The average molecular weight is 247 g/mol. The van der Waals surface area contributed by atoms with Gasteiger partial charge in [-0.1, -0.05) is 6.07 Å². The first kappa shape index (κ1) is 12.9. The molecule has 1 heterocycles. The van der Waals surface area contributed by atoms with E-state index in [4.69, 9.17) is 15.9 Å². The topological polar surface area (TPSA) is 62.3 Å². The number of nitrogens with two attached hydrogens (primary N) is 1. The number of likely N-dealkylation sites (tertiary alicyclic amines) is 1. The number of hydrogen-bond acceptors (Lipinski definition) is 3. The number of ether oxygens (including phenoxy) is 1. The largest absolute Gasteiger partial charge is 0.491 e. The summed E-state index contributed by atoms with van der Waals surface area (Å²) in [5, 5.41) is 7.54. The highest BCUT2D eigenvalue weighted by molar-refractivity contribution is 5.97. The number of nitrogens with one attached hydrogen (secondary N) is 1. The summed E-state index contributed by atoms with van der Waals surface area (Å²) in [7, 11) is 0. The van der Waals surface area contributed by atoms with E-state index in [1.807, 2.05) is 25.1 Å². The van der Waals surface area contributed by atoms with E-state index in [1.54, 1.807) is 0 Å². The Morgan fingerprint density at radius 3 is 2.78 bits per heavy atom. The standard InChI is InChI=1S/C14H21N3O/c1-11-4-5-12(14(15)16)13(10-11)18-9-8-17-6-2-3-7-17/h4-5,10H,2-3,6-9H2,1H3,(H3,15,16). The highest BCUT2D eigenvalue weighted by Crippen LogP contribution is 2.20. The first-order valence-corrected chi connectivity index (χ1v) is 6.47. The maximum Gasteiger partial charge on any atom is 0.130 e. The average Bonchev–Trinajstić information content (AvgIpc) is 2.82. The van der Waals surface area contributed by atoms with Gasteiger partial charge in [0, 0.05) is 6.54 Å². The van der Waals surface area contributed by atoms with Crippen LogP contribution in [0.15, 0.2) is 18.2 Å². The van der Waals surface area contributed by atoms with E-state index in [1.165, 1.54) is 25.9 Å². The van der Waals surface area contributed by atoms with Crippen LogP contribution in [0.1, 0.15) is 24.0 Å². The summed E-state index contributed by atoms with van der Waals surface area (Å²) in [6.45, 7) is 5.97. The number of rotatable bonds is 5. The fourth-order valence-corrected chi connectivity index (χ4v) is 2.26. The number of aryl methyl sites for hydroxylation is 1. The Hall–Kier alpha value is -1.55. The summed E-state index contributed by atoms with van der Waals surface area (Å²) in [6.07, 6.45) is 2.59. The van der Waals surface area contributed by atoms with Gasteiger partial charge in [-0.25, -0.2) is 0 Å². The van der Waals surface area contributed by atoms with Crippen LogP contribution in [0.4, 0.5) is 0 Å². The molecule has 0 bridgehead atoms. The molecule has 0 unspecified atom stereocenters. The van der Waals surface area contributed by atoms with Gasteiger partial charge < -0.3 is 10.5 Å². The third-order valence-electron chi connectivity index (χ3n) is 3.29. The zero-order valence-corrected chi connectivity index (χ0v) is 10.9. The Bertz CT molecular complexity index is 425. The Labute approximate surface area is 108 Å². The fraction of sp³-hybridized carbons (Fsp3) is 0.500. The number of benzene rings is 1. The van der Waals surface area contributed by atoms with E-state index in [0.29, 0.717) is 12.2 Å². The van der Waals surface area contributed by atoms with Crippen molar-refractivity contribution in [2.24, 2.45) is 5.73 Å². The van der Waals surface area contributed by atoms with Gasteiger partial charge >= 0.3 is 0 Å². The highest BCUT2D eigenvalue weighted by atomic mass is 16.5. The smallest absolute Gasteiger partial charge is 0.130 e. The molecule has 98 valence electrons. The van der Waals surface area contributed by atoms with Crippen molar-refractivity contribution >= 4 is 5.84 Å². The molecule has 1 aromatic rings. The van der Waals surface area contributed by atoms with Crippen LogP contribution < -0.4 is 10.5 Å². The molecule has 1 aliphatic heterocycles. The Kier molecular flexibility index (Phi) is 4.20. The lowest BCUT2D eigenvalue weighted by atomic mass is 10.1. The summed E-state index contributed by atoms with van der Waals surface area (Å²) in [5.74, 6) is 0.785. The van der Waals surface area contributed by atoms with Crippen LogP contribution in [0.2, 0.25) is 0 Å². The van der Waals surface area contributed by atoms with Crippen LogP contribution >= 0.6 is 0 Å². The minimum Gasteiger partial charge on any atom is -0.491 e. The van der Waals surface area contributed by atoms with Crippen LogP contribution in [0, 0.1) is 12.3 Å². The second kappa shape index (κ2) is 5.87. The Morgan fingerprint density at radius 1 is 1.39 bits per heavy atom. The van der Waals surface area contributed by atoms with Gasteiger partial charge in [0.2, 0.25) is 0 Å². The molecule has 1 aromatic carbocycles. The van der Waals surface area contributed by atoms with Gasteiger partial charge in [0.15, 0.2) is 0 Å². The zero-order chi connectivity index (χ0) is 13.0. The number of amidine groups is 1. The van der Waals surface area contributed by atoms with Crippen molar-refractivity contribution in [3.8, 4) is 5.75 Å². The molecule has 1 saturated heterocycles. The Balaban J connectivity index is 1.94. The SMILES string of the molecule is Cc1ccc(C(=N)N)c(OCCN2CCCC2)c1. The summed E-state index contributed by atoms with van der Waals surface area (Å²) in [6, 6.07) is 5.74. The molecular formula is C14H21N3O. The van der Waals surface area contributed by atoms with E-state index >= 15 is 0 Å². The lowest BCUT2D eigenvalue weighted by Crippen LogP contribution is -2.25. The molecule has 1 aliphatic rings. The number of nitrogens with zero attached hydrogens (tertiary/aromatic N) is 1. The second-order valence-electron chi connectivity index (χ2n) is 4.81. The summed E-state index contributed by atoms with van der Waals surface area (Å²) in [5.41, 5.74) is 7.36. The molecule has 1 fully saturated rings. The molecule has 18 heavy (non-hydrogen) atoms. The van der Waals surface area contributed by atoms with Crippen molar-refractivity contribution in [2.75, 3.05) is 26.2 Å². The molecule has 2 rings (SSSR count). The van der Waals surface area contributed by atoms with Gasteiger partial charge in [-0.3, -0.25) is 10.3 Å². The van der Waals surface area contributed by atoms with Crippen molar-refractivity contribution in [1.29, 1.82) is 5.41 Å². The number of nitrogen functional groups attached to an aromatic ring is 1. The van der Waals surface area contributed by atoms with Crippen molar-refractivity contribution in [3.05, 3.63) is 29.3 Å². The van der Waals surface area contributed by atoms with E-state index in [0.717, 1.165) is 17.9 Å². The van der Waals surface area contributed by atoms with Gasteiger partial charge in [0.1, 0.15) is 18.2 Å². The summed E-state index contributed by atoms with van der Waals surface area (Å²) in [4.78, 5) is 2.41. The zero-order valence-electron chi connectivity index (χ0n) is 10.9. The molecule has 0 saturated carbocycles. The quantitative estimate of drug-likeness (QED) is 0.615. The molecule has 0 atom stereocenters. The predicted molar refractivity (Wildman–Crippen MR) is 73.4 cm³/mol. The van der Waals surface area contributed by atoms with E-state index < -0.39 is 0 Å². The van der Waals surface area contributed by atoms with Gasteiger partial charge in [-0.2, -0.15) is 0 Å². The van der Waals surface area contributed by atoms with Gasteiger partial charge in [-0.05, 0) is 50.6 Å². The van der Waals surface area contributed by atoms with Gasteiger partial charge in [0.05, 0.1) is 5.56 Å². The molecule has 0 spiro atoms. The first-order chi connectivity index (χ1) is 8.66. The van der Waals surface area contributed by atoms with Crippen molar-refractivity contribution < 1.29 is 4.74 Å². The van der Waals surface area contributed by atoms with Gasteiger partial charge in [0.25, 0.3) is 0 Å². The normalized spacial score (nSPS) is 15.8. The van der Waals surface area contributed by atoms with Crippen LogP contribution in [0.5, 0.6) is 5.75 Å². The molecular weight excluding hydrogens is 226 g/mol. The molecule has 0 amide bonds. The summed E-state index contributed by atoms with van der Waals surface area (Å²) < 4.78 is 5.78. The van der Waals surface area contributed by atoms with Crippen molar-refractivity contribution in [3.63, 3.8) is 0 Å². The highest BCUT2D eigenvalue weighted by Gasteiger charge is 2.12. The van der Waals surface area contributed by atoms with Gasteiger partial charge in [-0.15, -0.1) is 0 Å². The van der Waals surface area contributed by atoms with E-state index in [9.17, 15) is 0 Å². The fourth-order valence-electron chi connectivity index (χ4n) is 2.26. The lowest BCUT2D eigenvalue weighted by molar-refractivity contribution is 0.237. The number of hydrogen-bond donors (Lipinski definition) is 2. The van der Waals surface area contributed by atoms with Crippen molar-refractivity contribution in [2.45, 2.75) is 19.8 Å². The van der Waals surface area contributed by atoms with Crippen LogP contribution in [-0.2, 0) is 0 Å². The third-order valence-corrected chi connectivity index (χ3v) is 3.29. The second-order valence-corrected chi connectivity index (χ2v) is 4.81. The lowest BCUT2D eigenvalue weighted by Gasteiger charge is -2.16. The van der Waals surface area contributed by atoms with Crippen LogP contribution in [0.3, 0.4) is 0 Å². The van der Waals surface area contributed by atoms with E-state index in [2.05, 4.69) is 4.90 Å². The van der Waals surface area contributed by atoms with E-state index in [-0.39, 0.29) is 5.84 Å². The molecule has 0 radical (unpaired) electrons. The Morgan fingerprint density at radius 2 is 2.11 bits per heavy atom. The molecule has 4 heteroatoms. The van der Waals surface area contributed by atoms with Crippen LogP contribution in [-0.4, -0.2) is 37.0 Å².